The minimum Gasteiger partial charge on any atom is -0.497 e. The molecule has 0 saturated heterocycles. The van der Waals surface area contributed by atoms with Gasteiger partial charge < -0.3 is 10.1 Å². The highest BCUT2D eigenvalue weighted by Crippen LogP contribution is 2.20. The predicted molar refractivity (Wildman–Crippen MR) is 72.3 cm³/mol. The van der Waals surface area contributed by atoms with Crippen LogP contribution in [0.2, 0.25) is 0 Å². The molecule has 2 aromatic rings. The maximum atomic E-state index is 11.9. The van der Waals surface area contributed by atoms with Crippen molar-refractivity contribution in [1.82, 2.24) is 10.2 Å². The van der Waals surface area contributed by atoms with E-state index in [0.717, 1.165) is 9.32 Å². The summed E-state index contributed by atoms with van der Waals surface area (Å²) in [6.45, 7) is 0. The van der Waals surface area contributed by atoms with Crippen LogP contribution in [0.25, 0.3) is 0 Å². The summed E-state index contributed by atoms with van der Waals surface area (Å²) in [5.41, 5.74) is 1.24. The lowest BCUT2D eigenvalue weighted by atomic mass is 10.2. The van der Waals surface area contributed by atoms with Gasteiger partial charge in [0.2, 0.25) is 0 Å². The Balaban J connectivity index is 2.19. The topological polar surface area (TPSA) is 67.0 Å². The molecule has 0 radical (unpaired) electrons. The summed E-state index contributed by atoms with van der Waals surface area (Å²) in [5.74, 6) is 0.563. The first-order valence-corrected chi connectivity index (χ1v) is 5.92. The van der Waals surface area contributed by atoms with E-state index in [1.807, 2.05) is 6.07 Å². The number of rotatable bonds is 3. The zero-order valence-corrected chi connectivity index (χ0v) is 11.2. The third-order valence-corrected chi connectivity index (χ3v) is 3.07. The summed E-state index contributed by atoms with van der Waals surface area (Å²) < 4.78 is 5.92. The molecule has 5 nitrogen and oxygen atoms in total. The largest absolute Gasteiger partial charge is 0.497 e. The third kappa shape index (κ3) is 2.76. The van der Waals surface area contributed by atoms with E-state index in [2.05, 4.69) is 38.1 Å². The number of aromatic amines is 1. The molecule has 0 atom stereocenters. The molecule has 6 heteroatoms. The van der Waals surface area contributed by atoms with E-state index in [0.29, 0.717) is 11.3 Å². The summed E-state index contributed by atoms with van der Waals surface area (Å²) in [5, 5.41) is 9.13. The van der Waals surface area contributed by atoms with E-state index in [-0.39, 0.29) is 5.91 Å². The molecular formula is C11H10IN3O2. The molecule has 1 aromatic heterocycles. The maximum Gasteiger partial charge on any atom is 0.256 e. The van der Waals surface area contributed by atoms with Crippen LogP contribution in [0.3, 0.4) is 0 Å². The van der Waals surface area contributed by atoms with E-state index in [1.54, 1.807) is 31.6 Å². The molecule has 0 aliphatic heterocycles. The molecule has 2 N–H and O–H groups in total. The van der Waals surface area contributed by atoms with Gasteiger partial charge in [-0.3, -0.25) is 9.89 Å². The van der Waals surface area contributed by atoms with Crippen LogP contribution in [0.5, 0.6) is 5.75 Å². The van der Waals surface area contributed by atoms with Gasteiger partial charge in [0.25, 0.3) is 5.91 Å². The SMILES string of the molecule is COc1ccc(C(=O)Nc2cn[nH]c2)c(I)c1. The number of halogens is 1. The van der Waals surface area contributed by atoms with Crippen molar-refractivity contribution < 1.29 is 9.53 Å². The van der Waals surface area contributed by atoms with Gasteiger partial charge in [0.1, 0.15) is 5.75 Å². The molecule has 0 saturated carbocycles. The summed E-state index contributed by atoms with van der Waals surface area (Å²) in [6.07, 6.45) is 3.17. The normalized spacial score (nSPS) is 10.0. The number of aromatic nitrogens is 2. The number of carbonyl (C=O) groups excluding carboxylic acids is 1. The lowest BCUT2D eigenvalue weighted by Gasteiger charge is -2.06. The van der Waals surface area contributed by atoms with Crippen LogP contribution in [0.1, 0.15) is 10.4 Å². The Bertz CT molecular complexity index is 526. The molecule has 1 aromatic carbocycles. The van der Waals surface area contributed by atoms with Crippen molar-refractivity contribution in [1.29, 1.82) is 0 Å². The van der Waals surface area contributed by atoms with E-state index in [1.165, 1.54) is 0 Å². The quantitative estimate of drug-likeness (QED) is 0.841. The lowest BCUT2D eigenvalue weighted by molar-refractivity contribution is 0.102. The molecular weight excluding hydrogens is 333 g/mol. The molecule has 0 fully saturated rings. The van der Waals surface area contributed by atoms with Crippen LogP contribution in [-0.2, 0) is 0 Å². The number of ether oxygens (including phenoxy) is 1. The second kappa shape index (κ2) is 5.17. The fourth-order valence-electron chi connectivity index (χ4n) is 1.32. The van der Waals surface area contributed by atoms with E-state index in [4.69, 9.17) is 4.74 Å². The van der Waals surface area contributed by atoms with Gasteiger partial charge in [0, 0.05) is 9.77 Å². The first-order chi connectivity index (χ1) is 8.20. The van der Waals surface area contributed by atoms with Gasteiger partial charge in [-0.25, -0.2) is 0 Å². The van der Waals surface area contributed by atoms with Crippen LogP contribution in [0, 0.1) is 3.57 Å². The van der Waals surface area contributed by atoms with Gasteiger partial charge in [-0.05, 0) is 40.8 Å². The van der Waals surface area contributed by atoms with Crippen LogP contribution in [0.15, 0.2) is 30.6 Å². The van der Waals surface area contributed by atoms with Crippen molar-refractivity contribution in [2.45, 2.75) is 0 Å². The number of carbonyl (C=O) groups is 1. The van der Waals surface area contributed by atoms with E-state index in [9.17, 15) is 4.79 Å². The molecule has 0 aliphatic carbocycles. The highest BCUT2D eigenvalue weighted by molar-refractivity contribution is 14.1. The monoisotopic (exact) mass is 343 g/mol. The minimum absolute atomic E-state index is 0.168. The molecule has 1 amide bonds. The third-order valence-electron chi connectivity index (χ3n) is 2.18. The lowest BCUT2D eigenvalue weighted by Crippen LogP contribution is -2.12. The number of nitrogens with zero attached hydrogens (tertiary/aromatic N) is 1. The molecule has 88 valence electrons. The summed E-state index contributed by atoms with van der Waals surface area (Å²) in [6, 6.07) is 5.30. The van der Waals surface area contributed by atoms with Crippen LogP contribution in [-0.4, -0.2) is 23.2 Å². The average Bonchev–Trinajstić information content (AvgIpc) is 2.81. The fraction of sp³-hybridized carbons (Fsp3) is 0.0909. The second-order valence-electron chi connectivity index (χ2n) is 3.29. The number of anilines is 1. The van der Waals surface area contributed by atoms with Crippen LogP contribution >= 0.6 is 22.6 Å². The van der Waals surface area contributed by atoms with Crippen molar-refractivity contribution in [2.24, 2.45) is 0 Å². The van der Waals surface area contributed by atoms with Gasteiger partial charge in [0.05, 0.1) is 24.6 Å². The summed E-state index contributed by atoms with van der Waals surface area (Å²) in [4.78, 5) is 11.9. The smallest absolute Gasteiger partial charge is 0.256 e. The number of hydrogen-bond acceptors (Lipinski definition) is 3. The average molecular weight is 343 g/mol. The summed E-state index contributed by atoms with van der Waals surface area (Å²) >= 11 is 2.10. The van der Waals surface area contributed by atoms with Crippen molar-refractivity contribution in [3.8, 4) is 5.75 Å². The molecule has 2 rings (SSSR count). The predicted octanol–water partition coefficient (Wildman–Crippen LogP) is 2.28. The summed E-state index contributed by atoms with van der Waals surface area (Å²) in [7, 11) is 1.59. The highest BCUT2D eigenvalue weighted by Gasteiger charge is 2.11. The zero-order valence-electron chi connectivity index (χ0n) is 9.03. The van der Waals surface area contributed by atoms with Gasteiger partial charge in [0.15, 0.2) is 0 Å². The Morgan fingerprint density at radius 2 is 2.35 bits per heavy atom. The van der Waals surface area contributed by atoms with Crippen LogP contribution in [0.4, 0.5) is 5.69 Å². The number of amides is 1. The van der Waals surface area contributed by atoms with Crippen LogP contribution < -0.4 is 10.1 Å². The Morgan fingerprint density at radius 1 is 1.53 bits per heavy atom. The number of benzene rings is 1. The molecule has 1 heterocycles. The molecule has 0 bridgehead atoms. The Hall–Kier alpha value is -1.57. The van der Waals surface area contributed by atoms with Crippen molar-refractivity contribution in [2.75, 3.05) is 12.4 Å². The standard InChI is InChI=1S/C11H10IN3O2/c1-17-8-2-3-9(10(12)4-8)11(16)15-7-5-13-14-6-7/h2-6H,1H3,(H,13,14)(H,15,16). The number of hydrogen-bond donors (Lipinski definition) is 2. The first-order valence-electron chi connectivity index (χ1n) is 4.84. The van der Waals surface area contributed by atoms with Crippen molar-refractivity contribution in [3.05, 3.63) is 39.7 Å². The maximum absolute atomic E-state index is 11.9. The van der Waals surface area contributed by atoms with Gasteiger partial charge in [-0.15, -0.1) is 0 Å². The Labute approximate surface area is 112 Å². The minimum atomic E-state index is -0.168. The van der Waals surface area contributed by atoms with Gasteiger partial charge in [-0.2, -0.15) is 5.10 Å². The molecule has 0 aliphatic rings. The molecule has 0 spiro atoms. The van der Waals surface area contributed by atoms with Crippen molar-refractivity contribution in [3.63, 3.8) is 0 Å². The fourth-order valence-corrected chi connectivity index (χ4v) is 2.06. The number of methoxy groups -OCH3 is 1. The number of nitrogens with one attached hydrogen (secondary N) is 2. The molecule has 17 heavy (non-hydrogen) atoms. The number of H-pyrrole nitrogens is 1. The van der Waals surface area contributed by atoms with Gasteiger partial charge in [-0.1, -0.05) is 0 Å². The second-order valence-corrected chi connectivity index (χ2v) is 4.45. The first kappa shape index (κ1) is 11.9. The molecule has 0 unspecified atom stereocenters. The zero-order chi connectivity index (χ0) is 12.3. The Kier molecular flexibility index (Phi) is 3.62. The highest BCUT2D eigenvalue weighted by atomic mass is 127. The van der Waals surface area contributed by atoms with E-state index < -0.39 is 0 Å². The Morgan fingerprint density at radius 3 is 2.94 bits per heavy atom. The van der Waals surface area contributed by atoms with Gasteiger partial charge >= 0.3 is 0 Å². The van der Waals surface area contributed by atoms with E-state index >= 15 is 0 Å². The van der Waals surface area contributed by atoms with Crippen molar-refractivity contribution >= 4 is 34.2 Å².